The standard InChI is InChI=1S/C15H24N2O2/c1-6-11(2)17(14(18)19-15(3,4)5)13-9-7-12(16)8-10-13/h7-11H,6,16H2,1-5H3. The summed E-state index contributed by atoms with van der Waals surface area (Å²) in [5.74, 6) is 0. The van der Waals surface area contributed by atoms with Gasteiger partial charge in [0.05, 0.1) is 0 Å². The van der Waals surface area contributed by atoms with Crippen LogP contribution in [0.25, 0.3) is 0 Å². The van der Waals surface area contributed by atoms with Gasteiger partial charge in [-0.15, -0.1) is 0 Å². The second-order valence-corrected chi connectivity index (χ2v) is 5.70. The van der Waals surface area contributed by atoms with Gasteiger partial charge in [0.1, 0.15) is 5.60 Å². The molecule has 1 unspecified atom stereocenters. The highest BCUT2D eigenvalue weighted by Crippen LogP contribution is 2.23. The third-order valence-corrected chi connectivity index (χ3v) is 2.79. The van der Waals surface area contributed by atoms with E-state index in [1.165, 1.54) is 0 Å². The van der Waals surface area contributed by atoms with Crippen LogP contribution in [-0.2, 0) is 4.74 Å². The lowest BCUT2D eigenvalue weighted by atomic mass is 10.1. The molecule has 1 aromatic rings. The number of nitrogen functional groups attached to an aromatic ring is 1. The molecular weight excluding hydrogens is 240 g/mol. The molecule has 0 heterocycles. The van der Waals surface area contributed by atoms with Crippen LogP contribution in [0.1, 0.15) is 41.0 Å². The molecule has 0 saturated carbocycles. The zero-order valence-electron chi connectivity index (χ0n) is 12.4. The molecule has 0 aliphatic rings. The van der Waals surface area contributed by atoms with Crippen LogP contribution in [0.2, 0.25) is 0 Å². The highest BCUT2D eigenvalue weighted by Gasteiger charge is 2.26. The van der Waals surface area contributed by atoms with Gasteiger partial charge in [0.2, 0.25) is 0 Å². The Hall–Kier alpha value is -1.71. The lowest BCUT2D eigenvalue weighted by Gasteiger charge is -2.31. The molecule has 2 N–H and O–H groups in total. The predicted octanol–water partition coefficient (Wildman–Crippen LogP) is 3.81. The first-order valence-electron chi connectivity index (χ1n) is 6.62. The van der Waals surface area contributed by atoms with Gasteiger partial charge in [0.25, 0.3) is 0 Å². The van der Waals surface area contributed by atoms with Crippen molar-refractivity contribution in [2.75, 3.05) is 10.6 Å². The van der Waals surface area contributed by atoms with Gasteiger partial charge in [-0.3, -0.25) is 4.90 Å². The maximum absolute atomic E-state index is 12.3. The maximum Gasteiger partial charge on any atom is 0.415 e. The van der Waals surface area contributed by atoms with Crippen molar-refractivity contribution in [1.29, 1.82) is 0 Å². The van der Waals surface area contributed by atoms with Crippen molar-refractivity contribution in [2.45, 2.75) is 52.7 Å². The molecule has 0 aliphatic heterocycles. The van der Waals surface area contributed by atoms with E-state index in [1.54, 1.807) is 17.0 Å². The summed E-state index contributed by atoms with van der Waals surface area (Å²) in [6, 6.07) is 7.32. The van der Waals surface area contributed by atoms with Gasteiger partial charge in [-0.2, -0.15) is 0 Å². The molecule has 106 valence electrons. The molecule has 19 heavy (non-hydrogen) atoms. The second kappa shape index (κ2) is 5.95. The van der Waals surface area contributed by atoms with Gasteiger partial charge < -0.3 is 10.5 Å². The van der Waals surface area contributed by atoms with Crippen LogP contribution in [0.15, 0.2) is 24.3 Å². The van der Waals surface area contributed by atoms with Gasteiger partial charge in [-0.1, -0.05) is 6.92 Å². The molecule has 4 heteroatoms. The number of amides is 1. The number of hydrogen-bond donors (Lipinski definition) is 1. The fourth-order valence-electron chi connectivity index (χ4n) is 1.67. The Morgan fingerprint density at radius 1 is 1.32 bits per heavy atom. The van der Waals surface area contributed by atoms with Crippen molar-refractivity contribution >= 4 is 17.5 Å². The lowest BCUT2D eigenvalue weighted by Crippen LogP contribution is -2.42. The maximum atomic E-state index is 12.3. The number of anilines is 2. The molecule has 0 spiro atoms. The summed E-state index contributed by atoms with van der Waals surface area (Å²) < 4.78 is 5.46. The van der Waals surface area contributed by atoms with Crippen molar-refractivity contribution in [3.63, 3.8) is 0 Å². The van der Waals surface area contributed by atoms with Crippen LogP contribution in [0.4, 0.5) is 16.2 Å². The van der Waals surface area contributed by atoms with E-state index in [0.717, 1.165) is 12.1 Å². The quantitative estimate of drug-likeness (QED) is 0.845. The number of nitrogens with two attached hydrogens (primary N) is 1. The summed E-state index contributed by atoms with van der Waals surface area (Å²) in [4.78, 5) is 14.0. The minimum atomic E-state index is -0.503. The van der Waals surface area contributed by atoms with Crippen LogP contribution >= 0.6 is 0 Å². The molecule has 0 radical (unpaired) electrons. The summed E-state index contributed by atoms with van der Waals surface area (Å²) in [7, 11) is 0. The van der Waals surface area contributed by atoms with Gasteiger partial charge in [-0.25, -0.2) is 4.79 Å². The SMILES string of the molecule is CCC(C)N(C(=O)OC(C)(C)C)c1ccc(N)cc1. The molecule has 4 nitrogen and oxygen atoms in total. The van der Waals surface area contributed by atoms with E-state index in [-0.39, 0.29) is 12.1 Å². The summed E-state index contributed by atoms with van der Waals surface area (Å²) in [5, 5.41) is 0. The fourth-order valence-corrected chi connectivity index (χ4v) is 1.67. The van der Waals surface area contributed by atoms with Crippen LogP contribution < -0.4 is 10.6 Å². The van der Waals surface area contributed by atoms with Crippen LogP contribution in [0, 0.1) is 0 Å². The van der Waals surface area contributed by atoms with E-state index in [9.17, 15) is 4.79 Å². The van der Waals surface area contributed by atoms with Gasteiger partial charge in [-0.05, 0) is 58.4 Å². The van der Waals surface area contributed by atoms with E-state index in [4.69, 9.17) is 10.5 Å². The van der Waals surface area contributed by atoms with Crippen LogP contribution in [-0.4, -0.2) is 17.7 Å². The average molecular weight is 264 g/mol. The third kappa shape index (κ3) is 4.47. The number of nitrogens with zero attached hydrogens (tertiary/aromatic N) is 1. The Balaban J connectivity index is 3.01. The molecule has 0 aromatic heterocycles. The third-order valence-electron chi connectivity index (χ3n) is 2.79. The Labute approximate surface area is 115 Å². The average Bonchev–Trinajstić information content (AvgIpc) is 2.29. The Bertz CT molecular complexity index is 421. The Kier molecular flexibility index (Phi) is 4.81. The van der Waals surface area contributed by atoms with Crippen LogP contribution in [0.5, 0.6) is 0 Å². The summed E-state index contributed by atoms with van der Waals surface area (Å²) in [6.45, 7) is 9.63. The molecule has 0 fully saturated rings. The number of carbonyl (C=O) groups is 1. The molecule has 1 amide bonds. The van der Waals surface area contributed by atoms with Gasteiger partial charge in [0.15, 0.2) is 0 Å². The summed E-state index contributed by atoms with van der Waals surface area (Å²) >= 11 is 0. The van der Waals surface area contributed by atoms with E-state index in [2.05, 4.69) is 0 Å². The van der Waals surface area contributed by atoms with E-state index in [1.807, 2.05) is 46.8 Å². The number of carbonyl (C=O) groups excluding carboxylic acids is 1. The molecule has 0 aliphatic carbocycles. The normalized spacial score (nSPS) is 12.9. The monoisotopic (exact) mass is 264 g/mol. The van der Waals surface area contributed by atoms with Crippen molar-refractivity contribution in [2.24, 2.45) is 0 Å². The zero-order valence-corrected chi connectivity index (χ0v) is 12.4. The van der Waals surface area contributed by atoms with Crippen molar-refractivity contribution < 1.29 is 9.53 Å². The first kappa shape index (κ1) is 15.3. The Morgan fingerprint density at radius 2 is 1.84 bits per heavy atom. The smallest absolute Gasteiger partial charge is 0.415 e. The molecule has 1 rings (SSSR count). The summed E-state index contributed by atoms with van der Waals surface area (Å²) in [5.41, 5.74) is 6.66. The van der Waals surface area contributed by atoms with E-state index < -0.39 is 5.60 Å². The van der Waals surface area contributed by atoms with Crippen molar-refractivity contribution in [3.05, 3.63) is 24.3 Å². The van der Waals surface area contributed by atoms with Crippen molar-refractivity contribution in [3.8, 4) is 0 Å². The highest BCUT2D eigenvalue weighted by atomic mass is 16.6. The lowest BCUT2D eigenvalue weighted by molar-refractivity contribution is 0.0567. The first-order chi connectivity index (χ1) is 8.74. The molecule has 1 aromatic carbocycles. The zero-order chi connectivity index (χ0) is 14.6. The topological polar surface area (TPSA) is 55.6 Å². The number of rotatable bonds is 3. The van der Waals surface area contributed by atoms with E-state index in [0.29, 0.717) is 5.69 Å². The van der Waals surface area contributed by atoms with E-state index >= 15 is 0 Å². The molecular formula is C15H24N2O2. The highest BCUT2D eigenvalue weighted by molar-refractivity contribution is 5.88. The predicted molar refractivity (Wildman–Crippen MR) is 79.3 cm³/mol. The fraction of sp³-hybridized carbons (Fsp3) is 0.533. The van der Waals surface area contributed by atoms with Gasteiger partial charge in [0, 0.05) is 17.4 Å². The summed E-state index contributed by atoms with van der Waals surface area (Å²) in [6.07, 6.45) is 0.524. The molecule has 0 bridgehead atoms. The molecule has 1 atom stereocenters. The minimum absolute atomic E-state index is 0.0680. The van der Waals surface area contributed by atoms with Gasteiger partial charge >= 0.3 is 6.09 Å². The number of hydrogen-bond acceptors (Lipinski definition) is 3. The number of ether oxygens (including phenoxy) is 1. The minimum Gasteiger partial charge on any atom is -0.443 e. The van der Waals surface area contributed by atoms with Crippen molar-refractivity contribution in [1.82, 2.24) is 0 Å². The largest absolute Gasteiger partial charge is 0.443 e. The second-order valence-electron chi connectivity index (χ2n) is 5.70. The Morgan fingerprint density at radius 3 is 2.26 bits per heavy atom. The first-order valence-corrected chi connectivity index (χ1v) is 6.62. The molecule has 0 saturated heterocycles. The number of benzene rings is 1. The van der Waals surface area contributed by atoms with Crippen LogP contribution in [0.3, 0.4) is 0 Å².